The number of hydrogen-bond acceptors (Lipinski definition) is 4. The monoisotopic (exact) mass is 320 g/mol. The van der Waals surface area contributed by atoms with Gasteiger partial charge in [-0.15, -0.1) is 0 Å². The van der Waals surface area contributed by atoms with Gasteiger partial charge in [-0.3, -0.25) is 0 Å². The van der Waals surface area contributed by atoms with Crippen LogP contribution in [0.15, 0.2) is 18.2 Å². The first-order chi connectivity index (χ1) is 10.7. The van der Waals surface area contributed by atoms with Crippen LogP contribution in [0.3, 0.4) is 0 Å². The number of ether oxygens (including phenoxy) is 2. The molecule has 0 saturated carbocycles. The first-order valence-electron chi connectivity index (χ1n) is 8.09. The lowest BCUT2D eigenvalue weighted by atomic mass is 9.83. The Morgan fingerprint density at radius 3 is 2.57 bits per heavy atom. The van der Waals surface area contributed by atoms with Crippen molar-refractivity contribution in [1.82, 2.24) is 4.90 Å². The fraction of sp³-hybridized carbons (Fsp3) is 0.611. The van der Waals surface area contributed by atoms with E-state index in [9.17, 15) is 4.79 Å². The maximum Gasteiger partial charge on any atom is 0.410 e. The van der Waals surface area contributed by atoms with E-state index >= 15 is 0 Å². The van der Waals surface area contributed by atoms with Gasteiger partial charge < -0.3 is 20.1 Å². The molecule has 1 aliphatic rings. The van der Waals surface area contributed by atoms with E-state index in [1.165, 1.54) is 11.1 Å². The second-order valence-electron chi connectivity index (χ2n) is 7.21. The third kappa shape index (κ3) is 4.38. The molecule has 0 radical (unpaired) electrons. The molecule has 1 fully saturated rings. The average molecular weight is 320 g/mol. The number of nitrogens with two attached hydrogens (primary N) is 1. The van der Waals surface area contributed by atoms with Gasteiger partial charge >= 0.3 is 6.09 Å². The number of amides is 1. The molecule has 2 atom stereocenters. The van der Waals surface area contributed by atoms with E-state index in [-0.39, 0.29) is 18.1 Å². The molecule has 1 aromatic carbocycles. The summed E-state index contributed by atoms with van der Waals surface area (Å²) >= 11 is 0. The predicted molar refractivity (Wildman–Crippen MR) is 90.9 cm³/mol. The van der Waals surface area contributed by atoms with Crippen molar-refractivity contribution in [3.05, 3.63) is 29.3 Å². The Kier molecular flexibility index (Phi) is 5.19. The Morgan fingerprint density at radius 1 is 1.35 bits per heavy atom. The van der Waals surface area contributed by atoms with Crippen molar-refractivity contribution < 1.29 is 14.3 Å². The van der Waals surface area contributed by atoms with Gasteiger partial charge in [-0.05, 0) is 57.4 Å². The molecule has 0 spiro atoms. The summed E-state index contributed by atoms with van der Waals surface area (Å²) in [7, 11) is 1.67. The van der Waals surface area contributed by atoms with Crippen molar-refractivity contribution in [3.8, 4) is 5.75 Å². The van der Waals surface area contributed by atoms with Gasteiger partial charge in [-0.25, -0.2) is 4.79 Å². The molecule has 1 amide bonds. The number of likely N-dealkylation sites (tertiary alicyclic amines) is 1. The Labute approximate surface area is 138 Å². The molecule has 128 valence electrons. The number of benzene rings is 1. The van der Waals surface area contributed by atoms with E-state index in [1.54, 1.807) is 12.0 Å². The van der Waals surface area contributed by atoms with Crippen LogP contribution >= 0.6 is 0 Å². The number of rotatable bonds is 2. The van der Waals surface area contributed by atoms with E-state index in [1.807, 2.05) is 32.9 Å². The first-order valence-corrected chi connectivity index (χ1v) is 8.09. The van der Waals surface area contributed by atoms with Crippen LogP contribution in [0.25, 0.3) is 0 Å². The lowest BCUT2D eigenvalue weighted by molar-refractivity contribution is 0.0186. The number of methoxy groups -OCH3 is 1. The second kappa shape index (κ2) is 6.79. The minimum Gasteiger partial charge on any atom is -0.497 e. The van der Waals surface area contributed by atoms with Gasteiger partial charge in [0.2, 0.25) is 0 Å². The molecule has 1 aromatic rings. The predicted octanol–water partition coefficient (Wildman–Crippen LogP) is 3.06. The number of carbonyl (C=O) groups excluding carboxylic acids is 1. The summed E-state index contributed by atoms with van der Waals surface area (Å²) in [4.78, 5) is 13.9. The Bertz CT molecular complexity index is 566. The average Bonchev–Trinajstić information content (AvgIpc) is 2.45. The summed E-state index contributed by atoms with van der Waals surface area (Å²) in [5.74, 6) is 1.10. The van der Waals surface area contributed by atoms with Crippen LogP contribution in [0.4, 0.5) is 4.79 Å². The second-order valence-corrected chi connectivity index (χ2v) is 7.21. The zero-order chi connectivity index (χ0) is 17.2. The summed E-state index contributed by atoms with van der Waals surface area (Å²) in [5.41, 5.74) is 8.29. The van der Waals surface area contributed by atoms with Crippen LogP contribution in [0.1, 0.15) is 44.2 Å². The fourth-order valence-electron chi connectivity index (χ4n) is 3.05. The molecule has 5 heteroatoms. The molecule has 23 heavy (non-hydrogen) atoms. The van der Waals surface area contributed by atoms with Crippen molar-refractivity contribution in [1.29, 1.82) is 0 Å². The molecule has 1 heterocycles. The first kappa shape index (κ1) is 17.6. The Hall–Kier alpha value is -1.75. The highest BCUT2D eigenvalue weighted by Crippen LogP contribution is 2.31. The van der Waals surface area contributed by atoms with Crippen LogP contribution in [0.2, 0.25) is 0 Å². The minimum absolute atomic E-state index is 0.0941. The van der Waals surface area contributed by atoms with Crippen LogP contribution in [-0.4, -0.2) is 42.8 Å². The highest BCUT2D eigenvalue weighted by molar-refractivity contribution is 5.68. The van der Waals surface area contributed by atoms with E-state index in [2.05, 4.69) is 13.0 Å². The maximum atomic E-state index is 12.2. The molecule has 0 unspecified atom stereocenters. The highest BCUT2D eigenvalue weighted by Gasteiger charge is 2.32. The lowest BCUT2D eigenvalue weighted by Crippen LogP contribution is -2.50. The topological polar surface area (TPSA) is 64.8 Å². The van der Waals surface area contributed by atoms with Crippen molar-refractivity contribution >= 4 is 6.09 Å². The Morgan fingerprint density at radius 2 is 2.04 bits per heavy atom. The number of aryl methyl sites for hydroxylation is 1. The van der Waals surface area contributed by atoms with Crippen molar-refractivity contribution in [2.24, 2.45) is 5.73 Å². The van der Waals surface area contributed by atoms with Gasteiger partial charge in [0.15, 0.2) is 0 Å². The molecule has 5 nitrogen and oxygen atoms in total. The van der Waals surface area contributed by atoms with Crippen LogP contribution in [0.5, 0.6) is 5.75 Å². The number of piperidine rings is 1. The van der Waals surface area contributed by atoms with Gasteiger partial charge in [-0.2, -0.15) is 0 Å². The zero-order valence-electron chi connectivity index (χ0n) is 14.8. The third-order valence-corrected chi connectivity index (χ3v) is 4.19. The smallest absolute Gasteiger partial charge is 0.410 e. The molecular formula is C18H28N2O3. The van der Waals surface area contributed by atoms with Crippen LogP contribution in [-0.2, 0) is 4.74 Å². The van der Waals surface area contributed by atoms with Gasteiger partial charge in [-0.1, -0.05) is 6.07 Å². The van der Waals surface area contributed by atoms with E-state index in [4.69, 9.17) is 15.2 Å². The summed E-state index contributed by atoms with van der Waals surface area (Å²) < 4.78 is 10.7. The fourth-order valence-corrected chi connectivity index (χ4v) is 3.05. The van der Waals surface area contributed by atoms with E-state index in [0.29, 0.717) is 13.1 Å². The third-order valence-electron chi connectivity index (χ3n) is 4.19. The summed E-state index contributed by atoms with van der Waals surface area (Å²) in [6, 6.07) is 5.99. The molecule has 2 N–H and O–H groups in total. The van der Waals surface area contributed by atoms with Gasteiger partial charge in [0.25, 0.3) is 0 Å². The van der Waals surface area contributed by atoms with Crippen molar-refractivity contribution in [3.63, 3.8) is 0 Å². The van der Waals surface area contributed by atoms with Gasteiger partial charge in [0.05, 0.1) is 7.11 Å². The van der Waals surface area contributed by atoms with Crippen molar-refractivity contribution in [2.45, 2.75) is 51.7 Å². The molecule has 0 aromatic heterocycles. The molecule has 1 saturated heterocycles. The largest absolute Gasteiger partial charge is 0.497 e. The normalized spacial score (nSPS) is 21.9. The summed E-state index contributed by atoms with van der Waals surface area (Å²) in [5, 5.41) is 0. The summed E-state index contributed by atoms with van der Waals surface area (Å²) in [6.07, 6.45) is 0.561. The van der Waals surface area contributed by atoms with Crippen LogP contribution < -0.4 is 10.5 Å². The zero-order valence-corrected chi connectivity index (χ0v) is 14.8. The molecular weight excluding hydrogens is 292 g/mol. The van der Waals surface area contributed by atoms with Crippen molar-refractivity contribution in [2.75, 3.05) is 20.2 Å². The quantitative estimate of drug-likeness (QED) is 0.909. The highest BCUT2D eigenvalue weighted by atomic mass is 16.6. The van der Waals surface area contributed by atoms with Gasteiger partial charge in [0, 0.05) is 25.0 Å². The molecule has 0 aliphatic carbocycles. The molecule has 1 aliphatic heterocycles. The summed E-state index contributed by atoms with van der Waals surface area (Å²) in [6.45, 7) is 8.88. The lowest BCUT2D eigenvalue weighted by Gasteiger charge is -2.38. The van der Waals surface area contributed by atoms with Crippen LogP contribution in [0, 0.1) is 6.92 Å². The number of nitrogens with zero attached hydrogens (tertiary/aromatic N) is 1. The molecule has 0 bridgehead atoms. The Balaban J connectivity index is 2.06. The number of carbonyl (C=O) groups is 1. The number of hydrogen-bond donors (Lipinski definition) is 1. The van der Waals surface area contributed by atoms with E-state index in [0.717, 1.165) is 12.2 Å². The van der Waals surface area contributed by atoms with Gasteiger partial charge in [0.1, 0.15) is 11.4 Å². The molecule has 2 rings (SSSR count). The standard InChI is InChI=1S/C18H28N2O3/c1-12-10-13(22-5)6-7-14(12)15-8-9-20(11-16(15)19)17(21)23-18(2,3)4/h6-7,10,15-16H,8-9,11,19H2,1-5H3/t15-,16-/m1/s1. The van der Waals surface area contributed by atoms with E-state index < -0.39 is 5.60 Å². The minimum atomic E-state index is -0.482. The SMILES string of the molecule is COc1ccc([C@H]2CCN(C(=O)OC(C)(C)C)C[C@H]2N)c(C)c1. The maximum absolute atomic E-state index is 12.2.